The average Bonchev–Trinajstić information content (AvgIpc) is 2.86. The zero-order chi connectivity index (χ0) is 13.3. The van der Waals surface area contributed by atoms with Gasteiger partial charge >= 0.3 is 0 Å². The molecule has 0 aliphatic carbocycles. The van der Waals surface area contributed by atoms with Gasteiger partial charge in [-0.15, -0.1) is 0 Å². The average molecular weight is 278 g/mol. The molecule has 19 heavy (non-hydrogen) atoms. The second-order valence-corrected chi connectivity index (χ2v) is 5.54. The molecular weight excluding hydrogens is 268 g/mol. The molecule has 6 nitrogen and oxygen atoms in total. The number of hydrogen-bond donors (Lipinski definition) is 1. The quantitative estimate of drug-likeness (QED) is 0.923. The van der Waals surface area contributed by atoms with Crippen molar-refractivity contribution >= 4 is 15.7 Å². The van der Waals surface area contributed by atoms with Crippen molar-refractivity contribution in [1.29, 1.82) is 0 Å². The van der Waals surface area contributed by atoms with Gasteiger partial charge in [-0.3, -0.25) is 9.71 Å². The number of anilines is 1. The van der Waals surface area contributed by atoms with Crippen LogP contribution in [0, 0.1) is 0 Å². The molecule has 0 radical (unpaired) electrons. The third kappa shape index (κ3) is 2.32. The van der Waals surface area contributed by atoms with E-state index in [0.29, 0.717) is 17.2 Å². The van der Waals surface area contributed by atoms with Gasteiger partial charge in [0.05, 0.1) is 16.8 Å². The molecule has 0 saturated heterocycles. The van der Waals surface area contributed by atoms with E-state index >= 15 is 0 Å². The molecule has 0 unspecified atom stereocenters. The van der Waals surface area contributed by atoms with Gasteiger partial charge in [-0.05, 0) is 24.3 Å². The molecule has 1 aromatic carbocycles. The zero-order valence-corrected chi connectivity index (χ0v) is 10.6. The maximum Gasteiger partial charge on any atom is 0.262 e. The summed E-state index contributed by atoms with van der Waals surface area (Å²) in [5.74, 6) is 0.967. The predicted molar refractivity (Wildman–Crippen MR) is 67.6 cm³/mol. The lowest BCUT2D eigenvalue weighted by Gasteiger charge is -2.08. The van der Waals surface area contributed by atoms with Crippen LogP contribution in [0.25, 0.3) is 0 Å². The number of hydrogen-bond acceptors (Lipinski definition) is 5. The van der Waals surface area contributed by atoms with Crippen molar-refractivity contribution in [3.8, 4) is 11.5 Å². The Labute approximate surface area is 110 Å². The molecular formula is C12H10N2O4S. The van der Waals surface area contributed by atoms with Gasteiger partial charge in [-0.1, -0.05) is 0 Å². The molecule has 1 N–H and O–H groups in total. The van der Waals surface area contributed by atoms with E-state index in [2.05, 4.69) is 9.71 Å². The molecule has 1 aliphatic rings. The minimum absolute atomic E-state index is 0.106. The molecule has 0 saturated carbocycles. The molecule has 0 atom stereocenters. The highest BCUT2D eigenvalue weighted by Gasteiger charge is 2.20. The van der Waals surface area contributed by atoms with Gasteiger partial charge in [0.25, 0.3) is 10.0 Å². The Bertz CT molecular complexity index is 701. The number of fused-ring (bicyclic) bond motifs is 1. The smallest absolute Gasteiger partial charge is 0.262 e. The highest BCUT2D eigenvalue weighted by Crippen LogP contribution is 2.34. The summed E-state index contributed by atoms with van der Waals surface area (Å²) in [5.41, 5.74) is 0.403. The number of aromatic nitrogens is 1. The summed E-state index contributed by atoms with van der Waals surface area (Å²) in [5, 5.41) is 0. The molecule has 0 amide bonds. The molecule has 2 heterocycles. The third-order valence-electron chi connectivity index (χ3n) is 2.57. The van der Waals surface area contributed by atoms with E-state index in [9.17, 15) is 8.42 Å². The zero-order valence-electron chi connectivity index (χ0n) is 9.74. The summed E-state index contributed by atoms with van der Waals surface area (Å²) < 4.78 is 37.1. The van der Waals surface area contributed by atoms with Crippen molar-refractivity contribution in [2.75, 3.05) is 11.5 Å². The summed E-state index contributed by atoms with van der Waals surface area (Å²) >= 11 is 0. The van der Waals surface area contributed by atoms with Crippen molar-refractivity contribution in [1.82, 2.24) is 4.98 Å². The van der Waals surface area contributed by atoms with Crippen molar-refractivity contribution in [2.45, 2.75) is 4.90 Å². The van der Waals surface area contributed by atoms with Crippen LogP contribution in [0.5, 0.6) is 11.5 Å². The predicted octanol–water partition coefficient (Wildman–Crippen LogP) is 1.61. The number of sulfonamides is 1. The van der Waals surface area contributed by atoms with E-state index in [-0.39, 0.29) is 11.7 Å². The van der Waals surface area contributed by atoms with Crippen LogP contribution in [-0.2, 0) is 10.0 Å². The molecule has 0 fully saturated rings. The lowest BCUT2D eigenvalue weighted by atomic mass is 10.3. The van der Waals surface area contributed by atoms with E-state index in [1.807, 2.05) is 0 Å². The van der Waals surface area contributed by atoms with Crippen LogP contribution in [0.3, 0.4) is 0 Å². The molecule has 0 spiro atoms. The van der Waals surface area contributed by atoms with Crippen LogP contribution in [0.15, 0.2) is 47.6 Å². The summed E-state index contributed by atoms with van der Waals surface area (Å²) in [6.07, 6.45) is 3.00. The first kappa shape index (κ1) is 11.8. The Morgan fingerprint density at radius 3 is 2.79 bits per heavy atom. The fourth-order valence-electron chi connectivity index (χ4n) is 1.68. The first-order valence-electron chi connectivity index (χ1n) is 5.48. The van der Waals surface area contributed by atoms with E-state index < -0.39 is 10.0 Å². The number of benzene rings is 1. The topological polar surface area (TPSA) is 77.5 Å². The van der Waals surface area contributed by atoms with Gasteiger partial charge in [0.1, 0.15) is 0 Å². The monoisotopic (exact) mass is 278 g/mol. The third-order valence-corrected chi connectivity index (χ3v) is 3.95. The van der Waals surface area contributed by atoms with Gasteiger partial charge in [0.15, 0.2) is 11.5 Å². The Hall–Kier alpha value is -2.28. The standard InChI is InChI=1S/C12H10N2O4S/c15-19(16,14-9-2-1-5-13-7-9)10-3-4-11-12(6-10)18-8-17-11/h1-7,14H,8H2. The highest BCUT2D eigenvalue weighted by molar-refractivity contribution is 7.92. The maximum atomic E-state index is 12.2. The summed E-state index contributed by atoms with van der Waals surface area (Å²) in [6, 6.07) is 7.74. The van der Waals surface area contributed by atoms with Gasteiger partial charge in [-0.2, -0.15) is 0 Å². The molecule has 98 valence electrons. The van der Waals surface area contributed by atoms with Crippen LogP contribution in [0.1, 0.15) is 0 Å². The largest absolute Gasteiger partial charge is 0.454 e. The second kappa shape index (κ2) is 4.43. The molecule has 1 aliphatic heterocycles. The van der Waals surface area contributed by atoms with Crippen LogP contribution in [0.4, 0.5) is 5.69 Å². The lowest BCUT2D eigenvalue weighted by Crippen LogP contribution is -2.12. The number of nitrogens with one attached hydrogen (secondary N) is 1. The maximum absolute atomic E-state index is 12.2. The fraction of sp³-hybridized carbons (Fsp3) is 0.0833. The highest BCUT2D eigenvalue weighted by atomic mass is 32.2. The Morgan fingerprint density at radius 1 is 1.16 bits per heavy atom. The van der Waals surface area contributed by atoms with E-state index in [1.165, 1.54) is 18.3 Å². The van der Waals surface area contributed by atoms with Crippen molar-refractivity contribution < 1.29 is 17.9 Å². The van der Waals surface area contributed by atoms with Crippen molar-refractivity contribution in [3.63, 3.8) is 0 Å². The molecule has 2 aromatic rings. The van der Waals surface area contributed by atoms with Crippen molar-refractivity contribution in [2.24, 2.45) is 0 Å². The van der Waals surface area contributed by atoms with Gasteiger partial charge in [0, 0.05) is 12.3 Å². The summed E-state index contributed by atoms with van der Waals surface area (Å²) in [4.78, 5) is 3.96. The van der Waals surface area contributed by atoms with Crippen LogP contribution < -0.4 is 14.2 Å². The SMILES string of the molecule is O=S(=O)(Nc1cccnc1)c1ccc2c(c1)OCO2. The molecule has 7 heteroatoms. The normalized spacial score (nSPS) is 13.3. The number of pyridine rings is 1. The first-order chi connectivity index (χ1) is 9.15. The number of nitrogens with zero attached hydrogens (tertiary/aromatic N) is 1. The van der Waals surface area contributed by atoms with Crippen molar-refractivity contribution in [3.05, 3.63) is 42.7 Å². The van der Waals surface area contributed by atoms with Crippen LogP contribution >= 0.6 is 0 Å². The fourth-order valence-corrected chi connectivity index (χ4v) is 2.74. The summed E-state index contributed by atoms with van der Waals surface area (Å²) in [7, 11) is -3.66. The van der Waals surface area contributed by atoms with E-state index in [4.69, 9.17) is 9.47 Å². The minimum atomic E-state index is -3.66. The molecule has 3 rings (SSSR count). The Balaban J connectivity index is 1.92. The van der Waals surface area contributed by atoms with Crippen LogP contribution in [0.2, 0.25) is 0 Å². The van der Waals surface area contributed by atoms with E-state index in [1.54, 1.807) is 24.4 Å². The number of rotatable bonds is 3. The van der Waals surface area contributed by atoms with Gasteiger partial charge < -0.3 is 9.47 Å². The molecule has 1 aromatic heterocycles. The number of ether oxygens (including phenoxy) is 2. The second-order valence-electron chi connectivity index (χ2n) is 3.86. The van der Waals surface area contributed by atoms with E-state index in [0.717, 1.165) is 0 Å². The van der Waals surface area contributed by atoms with Gasteiger partial charge in [0.2, 0.25) is 6.79 Å². The lowest BCUT2D eigenvalue weighted by molar-refractivity contribution is 0.174. The first-order valence-corrected chi connectivity index (χ1v) is 6.96. The Morgan fingerprint density at radius 2 is 2.00 bits per heavy atom. The Kier molecular flexibility index (Phi) is 2.75. The minimum Gasteiger partial charge on any atom is -0.454 e. The summed E-state index contributed by atoms with van der Waals surface area (Å²) in [6.45, 7) is 0.106. The van der Waals surface area contributed by atoms with Crippen LogP contribution in [-0.4, -0.2) is 20.2 Å². The molecule has 0 bridgehead atoms. The van der Waals surface area contributed by atoms with Gasteiger partial charge in [-0.25, -0.2) is 8.42 Å².